The van der Waals surface area contributed by atoms with Crippen molar-refractivity contribution in [2.45, 2.75) is 33.4 Å². The average molecular weight is 251 g/mol. The summed E-state index contributed by atoms with van der Waals surface area (Å²) in [5.74, 6) is -3.23. The van der Waals surface area contributed by atoms with Crippen molar-refractivity contribution in [3.8, 4) is 11.3 Å². The Kier molecular flexibility index (Phi) is 1.32. The number of aromatic nitrogens is 1. The lowest BCUT2D eigenvalue weighted by Crippen LogP contribution is -2.32. The normalized spacial score (nSPS) is 22.7. The van der Waals surface area contributed by atoms with Crippen molar-refractivity contribution in [2.75, 3.05) is 0 Å². The number of hydrogen-bond donors (Lipinski definition) is 0. The van der Waals surface area contributed by atoms with E-state index in [0.29, 0.717) is 5.56 Å². The molecule has 0 N–H and O–H groups in total. The Bertz CT molecular complexity index is 909. The van der Waals surface area contributed by atoms with Gasteiger partial charge in [-0.3, -0.25) is 0 Å². The Labute approximate surface area is 126 Å². The Hall–Kier alpha value is -1.63. The fraction of sp³-hybridized carbons (Fsp3) is 0.353. The average Bonchev–Trinajstić information content (AvgIpc) is 2.53. The van der Waals surface area contributed by atoms with Gasteiger partial charge >= 0.3 is 0 Å². The summed E-state index contributed by atoms with van der Waals surface area (Å²) in [5.41, 5.74) is 0.119. The molecule has 1 aromatic heterocycles. The van der Waals surface area contributed by atoms with E-state index in [1.807, 2.05) is 0 Å². The Morgan fingerprint density at radius 3 is 2.72 bits per heavy atom. The van der Waals surface area contributed by atoms with Gasteiger partial charge in [0.25, 0.3) is 0 Å². The van der Waals surface area contributed by atoms with Gasteiger partial charge in [0.1, 0.15) is 8.42 Å². The van der Waals surface area contributed by atoms with Crippen LogP contribution < -0.4 is 4.57 Å². The second kappa shape index (κ2) is 4.93. The quantitative estimate of drug-likeness (QED) is 0.712. The van der Waals surface area contributed by atoms with Crippen LogP contribution in [0.4, 0.5) is 0 Å². The molecule has 18 heavy (non-hydrogen) atoms. The number of rotatable bonds is 2. The lowest BCUT2D eigenvalue weighted by atomic mass is 9.96. The summed E-state index contributed by atoms with van der Waals surface area (Å²) in [6.45, 7) is -7.95. The number of nitrogens with zero attached hydrogens (tertiary/aromatic N) is 1. The van der Waals surface area contributed by atoms with E-state index in [1.165, 1.54) is 11.6 Å². The van der Waals surface area contributed by atoms with Crippen molar-refractivity contribution in [3.63, 3.8) is 0 Å². The molecule has 1 heterocycles. The van der Waals surface area contributed by atoms with Crippen LogP contribution >= 0.6 is 0 Å². The van der Waals surface area contributed by atoms with Crippen molar-refractivity contribution in [3.05, 3.63) is 53.2 Å². The lowest BCUT2D eigenvalue weighted by Gasteiger charge is -2.11. The molecule has 1 aromatic carbocycles. The van der Waals surface area contributed by atoms with Crippen LogP contribution in [0.2, 0.25) is 0 Å². The highest BCUT2D eigenvalue weighted by Crippen LogP contribution is 2.25. The molecule has 0 amide bonds. The van der Waals surface area contributed by atoms with E-state index in [0.717, 1.165) is 11.6 Å². The van der Waals surface area contributed by atoms with E-state index in [9.17, 15) is 0 Å². The van der Waals surface area contributed by atoms with E-state index in [-0.39, 0.29) is 5.69 Å². The highest BCUT2D eigenvalue weighted by molar-refractivity contribution is 5.61. The van der Waals surface area contributed by atoms with Crippen molar-refractivity contribution < 1.29 is 19.6 Å². The first kappa shape index (κ1) is 4.80. The molecule has 0 aliphatic carbocycles. The van der Waals surface area contributed by atoms with Gasteiger partial charge in [0, 0.05) is 30.9 Å². The summed E-state index contributed by atoms with van der Waals surface area (Å²) >= 11 is 0. The number of hydrogen-bond acceptors (Lipinski definition) is 0. The molecule has 0 saturated heterocycles. The van der Waals surface area contributed by atoms with E-state index in [1.54, 1.807) is 31.2 Å². The molecule has 94 valence electrons. The van der Waals surface area contributed by atoms with Crippen LogP contribution in [0.25, 0.3) is 11.3 Å². The van der Waals surface area contributed by atoms with Gasteiger partial charge < -0.3 is 0 Å². The van der Waals surface area contributed by atoms with Crippen LogP contribution in [0, 0.1) is 13.8 Å². The molecule has 0 fully saturated rings. The molecular weight excluding hydrogens is 218 g/mol. The Morgan fingerprint density at radius 2 is 2.06 bits per heavy atom. The molecule has 0 aliphatic heterocycles. The number of pyridine rings is 1. The summed E-state index contributed by atoms with van der Waals surface area (Å²) in [6.07, 6.45) is -0.564. The zero-order valence-corrected chi connectivity index (χ0v) is 10.3. The van der Waals surface area contributed by atoms with Crippen LogP contribution in [0.5, 0.6) is 0 Å². The molecule has 0 atom stereocenters. The Balaban J connectivity index is 3.10. The Morgan fingerprint density at radius 1 is 1.28 bits per heavy atom. The van der Waals surface area contributed by atoms with Gasteiger partial charge in [-0.15, -0.1) is 0 Å². The first-order valence-corrected chi connectivity index (χ1v) is 5.55. The molecule has 0 unspecified atom stereocenters. The summed E-state index contributed by atoms with van der Waals surface area (Å²) in [6, 6.07) is 8.08. The smallest absolute Gasteiger partial charge is 0.201 e. The maximum absolute atomic E-state index is 8.50. The second-order valence-corrected chi connectivity index (χ2v) is 4.18. The van der Waals surface area contributed by atoms with Crippen LogP contribution in [0.15, 0.2) is 36.5 Å². The van der Waals surface area contributed by atoms with Crippen LogP contribution in [-0.4, -0.2) is 0 Å². The fourth-order valence-corrected chi connectivity index (χ4v) is 1.91. The minimum atomic E-state index is -3.37. The largest absolute Gasteiger partial charge is 0.212 e. The van der Waals surface area contributed by atoms with Gasteiger partial charge in [0.15, 0.2) is 6.17 Å². The van der Waals surface area contributed by atoms with Crippen molar-refractivity contribution >= 4 is 0 Å². The number of benzene rings is 1. The minimum absolute atomic E-state index is 0.251. The predicted molar refractivity (Wildman–Crippen MR) is 76.6 cm³/mol. The maximum atomic E-state index is 8.50. The van der Waals surface area contributed by atoms with Crippen LogP contribution in [0.3, 0.4) is 0 Å². The standard InChI is InChI=1S/C17H22N/c1-12(2)16-10-17(18(5)11-14(16)4)15-9-7-6-8-13(15)3/h6-12H,1-5H3/q+1/i1D3,2D3,4D3,11D,12D. The minimum Gasteiger partial charge on any atom is -0.201 e. The highest BCUT2D eigenvalue weighted by Gasteiger charge is 2.16. The van der Waals surface area contributed by atoms with Crippen LogP contribution in [0.1, 0.15) is 51.4 Å². The van der Waals surface area contributed by atoms with E-state index in [2.05, 4.69) is 0 Å². The molecular formula is C17H22N+. The summed E-state index contributed by atoms with van der Waals surface area (Å²) in [7, 11) is 1.44. The molecule has 0 radical (unpaired) electrons. The molecule has 1 nitrogen and oxygen atoms in total. The monoisotopic (exact) mass is 251 g/mol. The van der Waals surface area contributed by atoms with Crippen LogP contribution in [-0.2, 0) is 7.05 Å². The fourth-order valence-electron chi connectivity index (χ4n) is 1.91. The van der Waals surface area contributed by atoms with Crippen molar-refractivity contribution in [1.29, 1.82) is 0 Å². The molecule has 0 saturated carbocycles. The maximum Gasteiger partial charge on any atom is 0.212 e. The number of aryl methyl sites for hydroxylation is 1. The third kappa shape index (κ3) is 2.31. The van der Waals surface area contributed by atoms with Crippen molar-refractivity contribution in [1.82, 2.24) is 0 Å². The zero-order chi connectivity index (χ0) is 22.6. The molecule has 0 spiro atoms. The topological polar surface area (TPSA) is 3.88 Å². The first-order valence-electron chi connectivity index (χ1n) is 11.0. The molecule has 2 rings (SSSR count). The van der Waals surface area contributed by atoms with Gasteiger partial charge in [-0.05, 0) is 36.9 Å². The summed E-state index contributed by atoms with van der Waals surface area (Å²) in [5, 5.41) is 0. The lowest BCUT2D eigenvalue weighted by molar-refractivity contribution is -0.660. The van der Waals surface area contributed by atoms with Gasteiger partial charge in [-0.1, -0.05) is 31.9 Å². The molecule has 2 aromatic rings. The summed E-state index contributed by atoms with van der Waals surface area (Å²) < 4.78 is 88.1. The van der Waals surface area contributed by atoms with Gasteiger partial charge in [0.05, 0.1) is 0 Å². The molecule has 1 heteroatoms. The molecule has 0 aliphatic rings. The third-order valence-corrected chi connectivity index (χ3v) is 2.88. The van der Waals surface area contributed by atoms with Gasteiger partial charge in [-0.25, -0.2) is 4.57 Å². The molecule has 0 bridgehead atoms. The van der Waals surface area contributed by atoms with Gasteiger partial charge in [0.2, 0.25) is 5.69 Å². The second-order valence-electron chi connectivity index (χ2n) is 4.18. The van der Waals surface area contributed by atoms with Gasteiger partial charge in [-0.2, -0.15) is 0 Å². The van der Waals surface area contributed by atoms with E-state index >= 15 is 0 Å². The summed E-state index contributed by atoms with van der Waals surface area (Å²) in [4.78, 5) is 0. The zero-order valence-electron chi connectivity index (χ0n) is 21.3. The predicted octanol–water partition coefficient (Wildman–Crippen LogP) is 3.92. The third-order valence-electron chi connectivity index (χ3n) is 2.88. The SMILES string of the molecule is [2H]c1c(C([2H])([2H])[2H])c(C([2H])(C([2H])([2H])[2H])C([2H])([2H])[2H])cc(-c2ccccc2C)[n+]1C. The highest BCUT2D eigenvalue weighted by atomic mass is 14.9. The first-order chi connectivity index (χ1) is 12.9. The van der Waals surface area contributed by atoms with E-state index in [4.69, 9.17) is 15.1 Å². The van der Waals surface area contributed by atoms with Crippen molar-refractivity contribution in [2.24, 2.45) is 7.05 Å². The van der Waals surface area contributed by atoms with E-state index < -0.39 is 43.7 Å².